The van der Waals surface area contributed by atoms with E-state index in [4.69, 9.17) is 13.4 Å². The molecule has 0 unspecified atom stereocenters. The lowest BCUT2D eigenvalue weighted by Crippen LogP contribution is -2.41. The zero-order chi connectivity index (χ0) is 16.0. The van der Waals surface area contributed by atoms with Crippen molar-refractivity contribution in [2.75, 3.05) is 46.2 Å². The molecule has 2 heterocycles. The summed E-state index contributed by atoms with van der Waals surface area (Å²) in [7, 11) is -1.69. The molecule has 0 aliphatic carbocycles. The molecule has 1 saturated heterocycles. The summed E-state index contributed by atoms with van der Waals surface area (Å²) in [5, 5.41) is 7.31. The van der Waals surface area contributed by atoms with Gasteiger partial charge in [-0.25, -0.2) is 0 Å². The highest BCUT2D eigenvalue weighted by molar-refractivity contribution is 7.85. The molecule has 2 atom stereocenters. The minimum absolute atomic E-state index is 0.185. The SMILES string of the molecule is COCC[C@H]1CN(CCOS(C)(=O)=O)CC[C@@H]1c1cnno1. The third-order valence-electron chi connectivity index (χ3n) is 3.96. The van der Waals surface area contributed by atoms with Crippen molar-refractivity contribution in [1.82, 2.24) is 15.3 Å². The van der Waals surface area contributed by atoms with E-state index < -0.39 is 10.1 Å². The molecule has 1 aromatic rings. The first kappa shape index (κ1) is 17.3. The Morgan fingerprint density at radius 1 is 1.45 bits per heavy atom. The van der Waals surface area contributed by atoms with Gasteiger partial charge < -0.3 is 14.2 Å². The fourth-order valence-corrected chi connectivity index (χ4v) is 3.28. The lowest BCUT2D eigenvalue weighted by Gasteiger charge is -2.37. The minimum atomic E-state index is -3.38. The molecule has 0 aromatic carbocycles. The van der Waals surface area contributed by atoms with Crippen LogP contribution in [-0.4, -0.2) is 69.9 Å². The minimum Gasteiger partial charge on any atom is -0.385 e. The molecule has 2 rings (SSSR count). The van der Waals surface area contributed by atoms with Crippen LogP contribution in [0.5, 0.6) is 0 Å². The molecular weight excluding hydrogens is 310 g/mol. The van der Waals surface area contributed by atoms with Gasteiger partial charge in [-0.2, -0.15) is 8.42 Å². The van der Waals surface area contributed by atoms with Gasteiger partial charge in [-0.05, 0) is 25.3 Å². The third-order valence-corrected chi connectivity index (χ3v) is 4.55. The van der Waals surface area contributed by atoms with Crippen LogP contribution >= 0.6 is 0 Å². The molecule has 1 fully saturated rings. The highest BCUT2D eigenvalue weighted by Gasteiger charge is 2.32. The first-order chi connectivity index (χ1) is 10.5. The van der Waals surface area contributed by atoms with Crippen LogP contribution < -0.4 is 0 Å². The maximum Gasteiger partial charge on any atom is 0.264 e. The van der Waals surface area contributed by atoms with Crippen LogP contribution in [0.1, 0.15) is 24.5 Å². The largest absolute Gasteiger partial charge is 0.385 e. The van der Waals surface area contributed by atoms with E-state index in [1.54, 1.807) is 13.3 Å². The Morgan fingerprint density at radius 2 is 2.27 bits per heavy atom. The molecule has 126 valence electrons. The van der Waals surface area contributed by atoms with E-state index in [0.29, 0.717) is 19.1 Å². The van der Waals surface area contributed by atoms with E-state index in [2.05, 4.69) is 15.3 Å². The molecule has 0 spiro atoms. The lowest BCUT2D eigenvalue weighted by molar-refractivity contribution is 0.0937. The van der Waals surface area contributed by atoms with Gasteiger partial charge in [0.05, 0.1) is 19.1 Å². The van der Waals surface area contributed by atoms with Gasteiger partial charge in [0, 0.05) is 38.0 Å². The van der Waals surface area contributed by atoms with E-state index in [1.807, 2.05) is 0 Å². The van der Waals surface area contributed by atoms with Crippen LogP contribution in [0.25, 0.3) is 0 Å². The van der Waals surface area contributed by atoms with Gasteiger partial charge in [0.25, 0.3) is 10.1 Å². The molecule has 0 bridgehead atoms. The molecule has 1 aliphatic rings. The van der Waals surface area contributed by atoms with Crippen molar-refractivity contribution >= 4 is 10.1 Å². The van der Waals surface area contributed by atoms with E-state index in [-0.39, 0.29) is 12.5 Å². The summed E-state index contributed by atoms with van der Waals surface area (Å²) in [5.41, 5.74) is 0. The van der Waals surface area contributed by atoms with Crippen molar-refractivity contribution in [3.63, 3.8) is 0 Å². The van der Waals surface area contributed by atoms with Crippen molar-refractivity contribution in [1.29, 1.82) is 0 Å². The molecule has 0 saturated carbocycles. The molecule has 0 N–H and O–H groups in total. The maximum absolute atomic E-state index is 11.0. The van der Waals surface area contributed by atoms with Crippen LogP contribution in [0, 0.1) is 5.92 Å². The topological polar surface area (TPSA) is 94.8 Å². The second kappa shape index (κ2) is 8.00. The van der Waals surface area contributed by atoms with Gasteiger partial charge in [0.2, 0.25) is 0 Å². The first-order valence-electron chi connectivity index (χ1n) is 7.32. The predicted molar refractivity (Wildman–Crippen MR) is 78.9 cm³/mol. The van der Waals surface area contributed by atoms with Crippen molar-refractivity contribution in [3.8, 4) is 0 Å². The molecule has 1 aromatic heterocycles. The van der Waals surface area contributed by atoms with Crippen molar-refractivity contribution in [2.45, 2.75) is 18.8 Å². The zero-order valence-corrected chi connectivity index (χ0v) is 13.8. The summed E-state index contributed by atoms with van der Waals surface area (Å²) in [5.74, 6) is 1.45. The van der Waals surface area contributed by atoms with Crippen LogP contribution in [0.3, 0.4) is 0 Å². The quantitative estimate of drug-likeness (QED) is 0.634. The Kier molecular flexibility index (Phi) is 6.30. The molecule has 0 amide bonds. The van der Waals surface area contributed by atoms with Crippen molar-refractivity contribution < 1.29 is 21.9 Å². The number of piperidine rings is 1. The maximum atomic E-state index is 11.0. The van der Waals surface area contributed by atoms with Gasteiger partial charge in [-0.15, -0.1) is 5.10 Å². The number of likely N-dealkylation sites (tertiary alicyclic amines) is 1. The molecular formula is C13H23N3O5S. The Bertz CT molecular complexity index is 534. The third kappa shape index (κ3) is 5.31. The van der Waals surface area contributed by atoms with Gasteiger partial charge in [0.15, 0.2) is 5.76 Å². The van der Waals surface area contributed by atoms with E-state index in [0.717, 1.165) is 37.9 Å². The average Bonchev–Trinajstić information content (AvgIpc) is 2.98. The normalized spacial score (nSPS) is 23.7. The number of ether oxygens (including phenoxy) is 1. The van der Waals surface area contributed by atoms with E-state index in [9.17, 15) is 8.42 Å². The van der Waals surface area contributed by atoms with Crippen LogP contribution in [0.15, 0.2) is 10.7 Å². The summed E-state index contributed by atoms with van der Waals surface area (Å²) in [6.07, 6.45) is 4.57. The Morgan fingerprint density at radius 3 is 2.91 bits per heavy atom. The summed E-state index contributed by atoms with van der Waals surface area (Å²) >= 11 is 0. The highest BCUT2D eigenvalue weighted by Crippen LogP contribution is 2.34. The molecule has 8 nitrogen and oxygen atoms in total. The molecule has 9 heteroatoms. The summed E-state index contributed by atoms with van der Waals surface area (Å²) < 4.78 is 37.2. The van der Waals surface area contributed by atoms with E-state index in [1.165, 1.54) is 0 Å². The number of aromatic nitrogens is 2. The number of hydrogen-bond donors (Lipinski definition) is 0. The van der Waals surface area contributed by atoms with Gasteiger partial charge >= 0.3 is 0 Å². The number of methoxy groups -OCH3 is 1. The number of rotatable bonds is 8. The average molecular weight is 333 g/mol. The van der Waals surface area contributed by atoms with Crippen LogP contribution in [0.4, 0.5) is 0 Å². The first-order valence-corrected chi connectivity index (χ1v) is 9.14. The van der Waals surface area contributed by atoms with Gasteiger partial charge in [-0.1, -0.05) is 0 Å². The summed E-state index contributed by atoms with van der Waals surface area (Å²) in [4.78, 5) is 2.21. The van der Waals surface area contributed by atoms with Crippen LogP contribution in [-0.2, 0) is 19.0 Å². The van der Waals surface area contributed by atoms with Crippen molar-refractivity contribution in [3.05, 3.63) is 12.0 Å². The highest BCUT2D eigenvalue weighted by atomic mass is 32.2. The molecule has 1 aliphatic heterocycles. The van der Waals surface area contributed by atoms with Gasteiger partial charge in [0.1, 0.15) is 0 Å². The molecule has 22 heavy (non-hydrogen) atoms. The summed E-state index contributed by atoms with van der Waals surface area (Å²) in [6, 6.07) is 0. The fourth-order valence-electron chi connectivity index (χ4n) is 2.90. The predicted octanol–water partition coefficient (Wildman–Crippen LogP) is 0.488. The smallest absolute Gasteiger partial charge is 0.264 e. The summed E-state index contributed by atoms with van der Waals surface area (Å²) in [6.45, 7) is 3.17. The number of nitrogens with zero attached hydrogens (tertiary/aromatic N) is 3. The fraction of sp³-hybridized carbons (Fsp3) is 0.846. The standard InChI is InChI=1S/C13H23N3O5S/c1-19-7-4-11-10-16(6-8-20-22(2,17)18)5-3-12(11)13-9-14-15-21-13/h9,11-12H,3-8,10H2,1-2H3/t11-,12-/m0/s1. The lowest BCUT2D eigenvalue weighted by atomic mass is 9.82. The monoisotopic (exact) mass is 333 g/mol. The Balaban J connectivity index is 1.90. The van der Waals surface area contributed by atoms with E-state index >= 15 is 0 Å². The van der Waals surface area contributed by atoms with Crippen LogP contribution in [0.2, 0.25) is 0 Å². The second-order valence-corrected chi connectivity index (χ2v) is 7.23. The molecule has 0 radical (unpaired) electrons. The van der Waals surface area contributed by atoms with Gasteiger partial charge in [-0.3, -0.25) is 4.18 Å². The Hall–Kier alpha value is -1.03. The number of hydrogen-bond acceptors (Lipinski definition) is 8. The Labute approximate surface area is 130 Å². The van der Waals surface area contributed by atoms with Crippen molar-refractivity contribution in [2.24, 2.45) is 5.92 Å². The second-order valence-electron chi connectivity index (χ2n) is 5.58. The zero-order valence-electron chi connectivity index (χ0n) is 13.0.